The van der Waals surface area contributed by atoms with Crippen LogP contribution >= 0.6 is 0 Å². The number of carbonyl (C=O) groups is 1. The fourth-order valence-electron chi connectivity index (χ4n) is 2.35. The smallest absolute Gasteiger partial charge is 0.124 e. The number of aldehydes is 1. The number of nitrogens with zero attached hydrogens (tertiary/aromatic N) is 1. The predicted octanol–water partition coefficient (Wildman–Crippen LogP) is 3.18. The highest BCUT2D eigenvalue weighted by Crippen LogP contribution is 2.20. The molecule has 1 aromatic rings. The van der Waals surface area contributed by atoms with Crippen molar-refractivity contribution in [3.05, 3.63) is 35.4 Å². The molecule has 0 amide bonds. The van der Waals surface area contributed by atoms with Crippen LogP contribution in [0.4, 0.5) is 0 Å². The average molecular weight is 229 g/mol. The summed E-state index contributed by atoms with van der Waals surface area (Å²) in [5.74, 6) is 0. The molecule has 0 atom stereocenters. The Morgan fingerprint density at radius 2 is 1.94 bits per heavy atom. The molecule has 2 rings (SSSR count). The SMILES string of the molecule is O=CCc1ccccc1C=NC1CCCCC1. The van der Waals surface area contributed by atoms with E-state index in [1.54, 1.807) is 0 Å². The van der Waals surface area contributed by atoms with Gasteiger partial charge >= 0.3 is 0 Å². The van der Waals surface area contributed by atoms with Crippen molar-refractivity contribution in [2.75, 3.05) is 0 Å². The van der Waals surface area contributed by atoms with Crippen LogP contribution in [0.1, 0.15) is 43.2 Å². The van der Waals surface area contributed by atoms with Gasteiger partial charge in [0.15, 0.2) is 0 Å². The topological polar surface area (TPSA) is 29.4 Å². The Balaban J connectivity index is 2.05. The summed E-state index contributed by atoms with van der Waals surface area (Å²) < 4.78 is 0. The van der Waals surface area contributed by atoms with Gasteiger partial charge in [0.2, 0.25) is 0 Å². The zero-order chi connectivity index (χ0) is 11.9. The van der Waals surface area contributed by atoms with E-state index in [2.05, 4.69) is 4.99 Å². The molecule has 1 aliphatic rings. The predicted molar refractivity (Wildman–Crippen MR) is 70.7 cm³/mol. The highest BCUT2D eigenvalue weighted by molar-refractivity contribution is 5.83. The molecule has 0 heterocycles. The van der Waals surface area contributed by atoms with Crippen LogP contribution in [0.15, 0.2) is 29.3 Å². The van der Waals surface area contributed by atoms with E-state index in [1.807, 2.05) is 30.5 Å². The first-order chi connectivity index (χ1) is 8.40. The van der Waals surface area contributed by atoms with E-state index < -0.39 is 0 Å². The van der Waals surface area contributed by atoms with Gasteiger partial charge < -0.3 is 4.79 Å². The second-order valence-corrected chi connectivity index (χ2v) is 4.64. The van der Waals surface area contributed by atoms with E-state index in [0.29, 0.717) is 12.5 Å². The molecule has 0 aromatic heterocycles. The molecule has 1 aliphatic carbocycles. The molecule has 0 bridgehead atoms. The van der Waals surface area contributed by atoms with Crippen molar-refractivity contribution in [2.24, 2.45) is 4.99 Å². The highest BCUT2D eigenvalue weighted by atomic mass is 16.1. The number of benzene rings is 1. The largest absolute Gasteiger partial charge is 0.303 e. The molecule has 2 nitrogen and oxygen atoms in total. The van der Waals surface area contributed by atoms with Crippen molar-refractivity contribution < 1.29 is 4.79 Å². The van der Waals surface area contributed by atoms with Gasteiger partial charge in [-0.25, -0.2) is 0 Å². The third-order valence-corrected chi connectivity index (χ3v) is 3.36. The van der Waals surface area contributed by atoms with Crippen molar-refractivity contribution in [1.82, 2.24) is 0 Å². The summed E-state index contributed by atoms with van der Waals surface area (Å²) in [6.07, 6.45) is 9.78. The second-order valence-electron chi connectivity index (χ2n) is 4.64. The zero-order valence-electron chi connectivity index (χ0n) is 10.1. The van der Waals surface area contributed by atoms with E-state index in [-0.39, 0.29) is 0 Å². The van der Waals surface area contributed by atoms with Crippen LogP contribution in [0.5, 0.6) is 0 Å². The van der Waals surface area contributed by atoms with Crippen molar-refractivity contribution in [1.29, 1.82) is 0 Å². The normalized spacial score (nSPS) is 17.4. The van der Waals surface area contributed by atoms with Crippen LogP contribution in [0, 0.1) is 0 Å². The third-order valence-electron chi connectivity index (χ3n) is 3.36. The summed E-state index contributed by atoms with van der Waals surface area (Å²) in [4.78, 5) is 15.2. The Kier molecular flexibility index (Phi) is 4.48. The lowest BCUT2D eigenvalue weighted by Gasteiger charge is -2.17. The van der Waals surface area contributed by atoms with Crippen molar-refractivity contribution in [2.45, 2.75) is 44.6 Å². The lowest BCUT2D eigenvalue weighted by Crippen LogP contribution is -2.10. The lowest BCUT2D eigenvalue weighted by molar-refractivity contribution is -0.107. The Labute approximate surface area is 103 Å². The fraction of sp³-hybridized carbons (Fsp3) is 0.467. The summed E-state index contributed by atoms with van der Waals surface area (Å²) in [6.45, 7) is 0. The first kappa shape index (κ1) is 12.0. The summed E-state index contributed by atoms with van der Waals surface area (Å²) in [7, 11) is 0. The first-order valence-corrected chi connectivity index (χ1v) is 6.45. The molecule has 0 unspecified atom stereocenters. The van der Waals surface area contributed by atoms with Gasteiger partial charge in [-0.2, -0.15) is 0 Å². The molecule has 0 saturated heterocycles. The molecular formula is C15H19NO. The molecule has 0 spiro atoms. The summed E-state index contributed by atoms with van der Waals surface area (Å²) >= 11 is 0. The van der Waals surface area contributed by atoms with Gasteiger partial charge in [0, 0.05) is 18.7 Å². The molecule has 1 fully saturated rings. The van der Waals surface area contributed by atoms with Crippen molar-refractivity contribution in [3.8, 4) is 0 Å². The second kappa shape index (κ2) is 6.33. The van der Waals surface area contributed by atoms with Gasteiger partial charge in [0.1, 0.15) is 6.29 Å². The number of hydrogen-bond acceptors (Lipinski definition) is 2. The van der Waals surface area contributed by atoms with Crippen LogP contribution in [-0.4, -0.2) is 18.5 Å². The molecular weight excluding hydrogens is 210 g/mol. The summed E-state index contributed by atoms with van der Waals surface area (Å²) in [6, 6.07) is 8.49. The minimum absolute atomic E-state index is 0.479. The number of aliphatic imine (C=N–C) groups is 1. The van der Waals surface area contributed by atoms with Gasteiger partial charge in [0.05, 0.1) is 0 Å². The van der Waals surface area contributed by atoms with Crippen molar-refractivity contribution >= 4 is 12.5 Å². The Bertz CT molecular complexity index is 392. The maximum absolute atomic E-state index is 10.6. The van der Waals surface area contributed by atoms with Gasteiger partial charge in [-0.1, -0.05) is 43.5 Å². The lowest BCUT2D eigenvalue weighted by atomic mass is 9.96. The van der Waals surface area contributed by atoms with Crippen LogP contribution in [0.2, 0.25) is 0 Å². The van der Waals surface area contributed by atoms with Gasteiger partial charge in [-0.05, 0) is 24.0 Å². The van der Waals surface area contributed by atoms with Crippen LogP contribution < -0.4 is 0 Å². The van der Waals surface area contributed by atoms with Crippen LogP contribution in [0.25, 0.3) is 0 Å². The Morgan fingerprint density at radius 1 is 1.18 bits per heavy atom. The fourth-order valence-corrected chi connectivity index (χ4v) is 2.35. The van der Waals surface area contributed by atoms with Gasteiger partial charge in [0.25, 0.3) is 0 Å². The standard InChI is InChI=1S/C15H19NO/c17-11-10-13-6-4-5-7-14(13)12-16-15-8-2-1-3-9-15/h4-7,11-12,15H,1-3,8-10H2. The van der Waals surface area contributed by atoms with Gasteiger partial charge in [-0.3, -0.25) is 4.99 Å². The number of rotatable bonds is 4. The molecule has 1 saturated carbocycles. The van der Waals surface area contributed by atoms with E-state index in [0.717, 1.165) is 17.4 Å². The zero-order valence-corrected chi connectivity index (χ0v) is 10.1. The number of hydrogen-bond donors (Lipinski definition) is 0. The monoisotopic (exact) mass is 229 g/mol. The molecule has 0 N–H and O–H groups in total. The average Bonchev–Trinajstić information content (AvgIpc) is 2.39. The van der Waals surface area contributed by atoms with Crippen molar-refractivity contribution in [3.63, 3.8) is 0 Å². The van der Waals surface area contributed by atoms with E-state index in [9.17, 15) is 4.79 Å². The minimum Gasteiger partial charge on any atom is -0.303 e. The molecule has 0 radical (unpaired) electrons. The van der Waals surface area contributed by atoms with Gasteiger partial charge in [-0.15, -0.1) is 0 Å². The maximum Gasteiger partial charge on any atom is 0.124 e. The highest BCUT2D eigenvalue weighted by Gasteiger charge is 2.10. The molecule has 90 valence electrons. The molecule has 17 heavy (non-hydrogen) atoms. The van der Waals surface area contributed by atoms with Crippen LogP contribution in [0.3, 0.4) is 0 Å². The first-order valence-electron chi connectivity index (χ1n) is 6.45. The maximum atomic E-state index is 10.6. The minimum atomic E-state index is 0.479. The molecule has 1 aromatic carbocycles. The summed E-state index contributed by atoms with van der Waals surface area (Å²) in [5.41, 5.74) is 2.16. The molecule has 0 aliphatic heterocycles. The Hall–Kier alpha value is -1.44. The quantitative estimate of drug-likeness (QED) is 0.576. The third kappa shape index (κ3) is 3.52. The van der Waals surface area contributed by atoms with Crippen LogP contribution in [-0.2, 0) is 11.2 Å². The Morgan fingerprint density at radius 3 is 2.71 bits per heavy atom. The number of carbonyl (C=O) groups excluding carboxylic acids is 1. The van der Waals surface area contributed by atoms with E-state index in [4.69, 9.17) is 0 Å². The summed E-state index contributed by atoms with van der Waals surface area (Å²) in [5, 5.41) is 0. The molecule has 2 heteroatoms. The van der Waals surface area contributed by atoms with E-state index in [1.165, 1.54) is 32.1 Å². The van der Waals surface area contributed by atoms with E-state index >= 15 is 0 Å².